The van der Waals surface area contributed by atoms with Gasteiger partial charge in [-0.1, -0.05) is 0 Å². The first-order chi connectivity index (χ1) is 6.50. The monoisotopic (exact) mass is 310 g/mol. The SMILES string of the molecule is CC(=O)CCN1CC(C)N(I)CC1C. The van der Waals surface area contributed by atoms with Crippen LogP contribution in [0, 0.1) is 0 Å². The summed E-state index contributed by atoms with van der Waals surface area (Å²) in [6.45, 7) is 9.24. The lowest BCUT2D eigenvalue weighted by atomic mass is 10.1. The first kappa shape index (κ1) is 12.4. The van der Waals surface area contributed by atoms with Crippen LogP contribution in [-0.2, 0) is 4.79 Å². The van der Waals surface area contributed by atoms with Gasteiger partial charge < -0.3 is 0 Å². The van der Waals surface area contributed by atoms with Crippen LogP contribution in [0.1, 0.15) is 27.2 Å². The van der Waals surface area contributed by atoms with Gasteiger partial charge in [0.2, 0.25) is 0 Å². The molecule has 0 aromatic heterocycles. The van der Waals surface area contributed by atoms with Crippen molar-refractivity contribution in [3.05, 3.63) is 0 Å². The molecule has 0 aromatic rings. The molecular formula is C10H19IN2O. The van der Waals surface area contributed by atoms with Crippen molar-refractivity contribution >= 4 is 28.6 Å². The van der Waals surface area contributed by atoms with Crippen molar-refractivity contribution in [2.24, 2.45) is 0 Å². The second-order valence-electron chi connectivity index (χ2n) is 4.23. The van der Waals surface area contributed by atoms with Gasteiger partial charge in [0.05, 0.1) is 0 Å². The summed E-state index contributed by atoms with van der Waals surface area (Å²) in [7, 11) is 0. The highest BCUT2D eigenvalue weighted by Gasteiger charge is 2.27. The normalized spacial score (nSPS) is 30.6. The van der Waals surface area contributed by atoms with Crippen molar-refractivity contribution in [2.45, 2.75) is 39.3 Å². The van der Waals surface area contributed by atoms with E-state index in [1.807, 2.05) is 0 Å². The highest BCUT2D eigenvalue weighted by Crippen LogP contribution is 2.18. The van der Waals surface area contributed by atoms with E-state index in [9.17, 15) is 4.79 Å². The Morgan fingerprint density at radius 3 is 2.57 bits per heavy atom. The Morgan fingerprint density at radius 1 is 1.36 bits per heavy atom. The topological polar surface area (TPSA) is 23.6 Å². The van der Waals surface area contributed by atoms with Gasteiger partial charge in [-0.05, 0) is 20.8 Å². The third-order valence-corrected chi connectivity index (χ3v) is 4.13. The second kappa shape index (κ2) is 5.42. The maximum atomic E-state index is 10.9. The number of nitrogens with zero attached hydrogens (tertiary/aromatic N) is 2. The highest BCUT2D eigenvalue weighted by atomic mass is 127. The van der Waals surface area contributed by atoms with Gasteiger partial charge in [0.15, 0.2) is 0 Å². The molecule has 0 N–H and O–H groups in total. The number of hydrogen-bond donors (Lipinski definition) is 0. The predicted molar refractivity (Wildman–Crippen MR) is 66.5 cm³/mol. The standard InChI is InChI=1S/C10H19IN2O/c1-8-7-13(11)9(2)6-12(8)5-4-10(3)14/h8-9H,4-7H2,1-3H3. The maximum absolute atomic E-state index is 10.9. The molecule has 0 aromatic carbocycles. The van der Waals surface area contributed by atoms with Gasteiger partial charge in [0, 0.05) is 61.0 Å². The van der Waals surface area contributed by atoms with Gasteiger partial charge in [0.25, 0.3) is 0 Å². The minimum absolute atomic E-state index is 0.293. The number of Topliss-reactive ketones (excluding diaryl/α,β-unsaturated/α-hetero) is 1. The molecule has 82 valence electrons. The molecule has 1 heterocycles. The lowest BCUT2D eigenvalue weighted by Crippen LogP contribution is -2.53. The number of carbonyl (C=O) groups excluding carboxylic acids is 1. The van der Waals surface area contributed by atoms with Gasteiger partial charge in [-0.25, -0.2) is 3.11 Å². The van der Waals surface area contributed by atoms with E-state index < -0.39 is 0 Å². The Kier molecular flexibility index (Phi) is 4.79. The van der Waals surface area contributed by atoms with E-state index in [-0.39, 0.29) is 0 Å². The molecule has 0 aliphatic carbocycles. The molecule has 0 saturated carbocycles. The molecule has 2 atom stereocenters. The Labute approximate surface area is 100 Å². The van der Waals surface area contributed by atoms with Crippen LogP contribution in [0.5, 0.6) is 0 Å². The smallest absolute Gasteiger partial charge is 0.131 e. The van der Waals surface area contributed by atoms with Gasteiger partial charge in [0.1, 0.15) is 5.78 Å². The molecule has 0 radical (unpaired) electrons. The minimum Gasteiger partial charge on any atom is -0.300 e. The lowest BCUT2D eigenvalue weighted by molar-refractivity contribution is -0.117. The Bertz CT molecular complexity index is 210. The van der Waals surface area contributed by atoms with Crippen LogP contribution in [-0.4, -0.2) is 45.5 Å². The van der Waals surface area contributed by atoms with E-state index in [1.165, 1.54) is 0 Å². The average molecular weight is 310 g/mol. The molecule has 4 heteroatoms. The van der Waals surface area contributed by atoms with Crippen molar-refractivity contribution in [2.75, 3.05) is 19.6 Å². The van der Waals surface area contributed by atoms with Gasteiger partial charge in [-0.2, -0.15) is 0 Å². The van der Waals surface area contributed by atoms with Crippen LogP contribution in [0.3, 0.4) is 0 Å². The maximum Gasteiger partial charge on any atom is 0.131 e. The molecule has 1 rings (SSSR count). The summed E-state index contributed by atoms with van der Waals surface area (Å²) in [4.78, 5) is 13.3. The van der Waals surface area contributed by atoms with Gasteiger partial charge in [-0.15, -0.1) is 0 Å². The zero-order chi connectivity index (χ0) is 10.7. The van der Waals surface area contributed by atoms with E-state index in [0.717, 1.165) is 19.6 Å². The molecule has 0 spiro atoms. The van der Waals surface area contributed by atoms with Crippen LogP contribution in [0.15, 0.2) is 0 Å². The molecule has 1 fully saturated rings. The first-order valence-electron chi connectivity index (χ1n) is 5.16. The molecule has 2 unspecified atom stereocenters. The lowest BCUT2D eigenvalue weighted by Gasteiger charge is -2.41. The average Bonchev–Trinajstić information content (AvgIpc) is 2.09. The molecule has 0 amide bonds. The molecule has 1 aliphatic rings. The summed E-state index contributed by atoms with van der Waals surface area (Å²) in [5.74, 6) is 0.293. The van der Waals surface area contributed by atoms with E-state index in [0.29, 0.717) is 24.3 Å². The minimum atomic E-state index is 0.293. The zero-order valence-electron chi connectivity index (χ0n) is 9.16. The number of carbonyl (C=O) groups is 1. The van der Waals surface area contributed by atoms with Gasteiger partial charge >= 0.3 is 0 Å². The summed E-state index contributed by atoms with van der Waals surface area (Å²) in [6, 6.07) is 1.17. The number of piperazine rings is 1. The fourth-order valence-electron chi connectivity index (χ4n) is 1.77. The summed E-state index contributed by atoms with van der Waals surface area (Å²) in [5, 5.41) is 0. The van der Waals surface area contributed by atoms with Gasteiger partial charge in [-0.3, -0.25) is 9.69 Å². The molecule has 14 heavy (non-hydrogen) atoms. The Hall–Kier alpha value is 0.320. The molecule has 1 saturated heterocycles. The number of hydrogen-bond acceptors (Lipinski definition) is 3. The second-order valence-corrected chi connectivity index (χ2v) is 5.47. The summed E-state index contributed by atoms with van der Waals surface area (Å²) < 4.78 is 2.35. The quantitative estimate of drug-likeness (QED) is 0.586. The molecular weight excluding hydrogens is 291 g/mol. The summed E-state index contributed by atoms with van der Waals surface area (Å²) in [6.07, 6.45) is 0.693. The Balaban J connectivity index is 2.40. The Morgan fingerprint density at radius 2 is 2.00 bits per heavy atom. The third kappa shape index (κ3) is 3.47. The largest absolute Gasteiger partial charge is 0.300 e. The molecule has 0 bridgehead atoms. The summed E-state index contributed by atoms with van der Waals surface area (Å²) in [5.41, 5.74) is 0. The van der Waals surface area contributed by atoms with Crippen LogP contribution >= 0.6 is 22.9 Å². The van der Waals surface area contributed by atoms with Crippen molar-refractivity contribution in [1.82, 2.24) is 8.01 Å². The number of ketones is 1. The van der Waals surface area contributed by atoms with Crippen LogP contribution in [0.25, 0.3) is 0 Å². The van der Waals surface area contributed by atoms with E-state index >= 15 is 0 Å². The fraction of sp³-hybridized carbons (Fsp3) is 0.900. The predicted octanol–water partition coefficient (Wildman–Crippen LogP) is 1.71. The molecule has 1 aliphatic heterocycles. The van der Waals surface area contributed by atoms with Crippen LogP contribution in [0.2, 0.25) is 0 Å². The van der Waals surface area contributed by atoms with Crippen molar-refractivity contribution in [1.29, 1.82) is 0 Å². The van der Waals surface area contributed by atoms with Crippen molar-refractivity contribution < 1.29 is 4.79 Å². The highest BCUT2D eigenvalue weighted by molar-refractivity contribution is 14.1. The third-order valence-electron chi connectivity index (χ3n) is 2.79. The zero-order valence-corrected chi connectivity index (χ0v) is 11.3. The first-order valence-corrected chi connectivity index (χ1v) is 6.13. The van der Waals surface area contributed by atoms with Crippen LogP contribution < -0.4 is 0 Å². The molecule has 3 nitrogen and oxygen atoms in total. The fourth-order valence-corrected chi connectivity index (χ4v) is 2.51. The van der Waals surface area contributed by atoms with Crippen molar-refractivity contribution in [3.63, 3.8) is 0 Å². The van der Waals surface area contributed by atoms with E-state index in [4.69, 9.17) is 0 Å². The van der Waals surface area contributed by atoms with Crippen molar-refractivity contribution in [3.8, 4) is 0 Å². The van der Waals surface area contributed by atoms with E-state index in [2.05, 4.69) is 44.7 Å². The van der Waals surface area contributed by atoms with E-state index in [1.54, 1.807) is 6.92 Å². The van der Waals surface area contributed by atoms with Crippen LogP contribution in [0.4, 0.5) is 0 Å². The number of halogens is 1. The number of rotatable bonds is 3. The summed E-state index contributed by atoms with van der Waals surface area (Å²) >= 11 is 2.39.